The van der Waals surface area contributed by atoms with Crippen molar-refractivity contribution in [2.24, 2.45) is 11.1 Å². The van der Waals surface area contributed by atoms with Crippen molar-refractivity contribution >= 4 is 27.9 Å². The van der Waals surface area contributed by atoms with Crippen molar-refractivity contribution in [1.82, 2.24) is 0 Å². The normalized spacial score (nSPS) is 18.4. The Bertz CT molecular complexity index is 570. The summed E-state index contributed by atoms with van der Waals surface area (Å²) >= 11 is 1.24. The van der Waals surface area contributed by atoms with E-state index in [0.29, 0.717) is 15.9 Å². The van der Waals surface area contributed by atoms with E-state index in [4.69, 9.17) is 11.5 Å². The van der Waals surface area contributed by atoms with E-state index in [1.54, 1.807) is 0 Å². The van der Waals surface area contributed by atoms with Gasteiger partial charge in [-0.1, -0.05) is 13.8 Å². The van der Waals surface area contributed by atoms with Gasteiger partial charge in [-0.25, -0.2) is 0 Å². The van der Waals surface area contributed by atoms with Gasteiger partial charge in [0.15, 0.2) is 0 Å². The number of primary amides is 1. The van der Waals surface area contributed by atoms with Crippen molar-refractivity contribution in [1.29, 1.82) is 5.26 Å². The van der Waals surface area contributed by atoms with Crippen LogP contribution in [0.25, 0.3) is 0 Å². The number of nitrogens with zero attached hydrogens (tertiary/aromatic N) is 2. The quantitative estimate of drug-likeness (QED) is 0.874. The van der Waals surface area contributed by atoms with Crippen LogP contribution in [0.5, 0.6) is 0 Å². The summed E-state index contributed by atoms with van der Waals surface area (Å²) < 4.78 is 0. The molecule has 0 aliphatic carbocycles. The molecule has 0 aromatic carbocycles. The van der Waals surface area contributed by atoms with E-state index in [0.717, 1.165) is 37.4 Å². The highest BCUT2D eigenvalue weighted by Gasteiger charge is 2.27. The van der Waals surface area contributed by atoms with Crippen LogP contribution in [-0.4, -0.2) is 19.0 Å². The minimum Gasteiger partial charge on any atom is -0.396 e. The Labute approximate surface area is 123 Å². The highest BCUT2D eigenvalue weighted by Crippen LogP contribution is 2.40. The monoisotopic (exact) mass is 292 g/mol. The Kier molecular flexibility index (Phi) is 3.91. The predicted molar refractivity (Wildman–Crippen MR) is 81.8 cm³/mol. The highest BCUT2D eigenvalue weighted by molar-refractivity contribution is 7.19. The minimum absolute atomic E-state index is 0.225. The number of nitriles is 1. The topological polar surface area (TPSA) is 96.1 Å². The van der Waals surface area contributed by atoms with Gasteiger partial charge in [0.2, 0.25) is 0 Å². The molecule has 2 rings (SSSR count). The Morgan fingerprint density at radius 2 is 2.10 bits per heavy atom. The van der Waals surface area contributed by atoms with Gasteiger partial charge in [-0.15, -0.1) is 11.3 Å². The first-order valence-electron chi connectivity index (χ1n) is 6.73. The average Bonchev–Trinajstić information content (AvgIpc) is 2.59. The van der Waals surface area contributed by atoms with Crippen molar-refractivity contribution in [3.05, 3.63) is 10.4 Å². The zero-order chi connectivity index (χ0) is 14.9. The Hall–Kier alpha value is -1.74. The molecule has 0 spiro atoms. The average molecular weight is 292 g/mol. The number of nitrogen functional groups attached to an aromatic ring is 1. The summed E-state index contributed by atoms with van der Waals surface area (Å²) in [6.07, 6.45) is 3.29. The zero-order valence-electron chi connectivity index (χ0n) is 11.9. The summed E-state index contributed by atoms with van der Waals surface area (Å²) in [5, 5.41) is 10.1. The lowest BCUT2D eigenvalue weighted by atomic mass is 9.85. The number of hydrogen-bond acceptors (Lipinski definition) is 5. The van der Waals surface area contributed by atoms with Gasteiger partial charge in [-0.2, -0.15) is 5.26 Å². The molecular formula is C14H20N4OS. The molecule has 1 saturated heterocycles. The van der Waals surface area contributed by atoms with E-state index in [1.165, 1.54) is 11.3 Å². The Balaban J connectivity index is 2.35. The molecule has 1 aliphatic rings. The lowest BCUT2D eigenvalue weighted by molar-refractivity contribution is 0.100. The van der Waals surface area contributed by atoms with Crippen LogP contribution < -0.4 is 16.4 Å². The third kappa shape index (κ3) is 2.73. The Morgan fingerprint density at radius 3 is 2.70 bits per heavy atom. The van der Waals surface area contributed by atoms with Gasteiger partial charge in [0.1, 0.15) is 21.5 Å². The van der Waals surface area contributed by atoms with Crippen LogP contribution in [0, 0.1) is 16.7 Å². The van der Waals surface area contributed by atoms with E-state index < -0.39 is 5.91 Å². The number of amides is 1. The van der Waals surface area contributed by atoms with E-state index in [9.17, 15) is 10.1 Å². The molecule has 0 radical (unpaired) electrons. The lowest BCUT2D eigenvalue weighted by Crippen LogP contribution is -2.24. The second-order valence-electron chi connectivity index (χ2n) is 6.01. The number of thiophene rings is 1. The van der Waals surface area contributed by atoms with Gasteiger partial charge in [0.25, 0.3) is 5.91 Å². The maximum atomic E-state index is 11.4. The van der Waals surface area contributed by atoms with Gasteiger partial charge in [-0.05, 0) is 24.7 Å². The van der Waals surface area contributed by atoms with Crippen LogP contribution in [-0.2, 0) is 0 Å². The molecule has 0 atom stereocenters. The van der Waals surface area contributed by atoms with Gasteiger partial charge in [0, 0.05) is 13.1 Å². The van der Waals surface area contributed by atoms with Crippen LogP contribution in [0.1, 0.15) is 48.3 Å². The highest BCUT2D eigenvalue weighted by atomic mass is 32.1. The molecule has 0 unspecified atom stereocenters. The lowest BCUT2D eigenvalue weighted by Gasteiger charge is -2.24. The molecule has 20 heavy (non-hydrogen) atoms. The third-order valence-electron chi connectivity index (χ3n) is 3.89. The molecule has 1 aromatic heterocycles. The molecule has 1 fully saturated rings. The van der Waals surface area contributed by atoms with Crippen LogP contribution in [0.15, 0.2) is 0 Å². The van der Waals surface area contributed by atoms with Crippen LogP contribution in [0.3, 0.4) is 0 Å². The van der Waals surface area contributed by atoms with Gasteiger partial charge >= 0.3 is 0 Å². The molecule has 108 valence electrons. The van der Waals surface area contributed by atoms with Crippen molar-refractivity contribution in [3.63, 3.8) is 0 Å². The SMILES string of the molecule is CC1(C)CCCN(c2sc(C(N)=O)c(N)c2C#N)CC1. The van der Waals surface area contributed by atoms with Crippen LogP contribution in [0.2, 0.25) is 0 Å². The van der Waals surface area contributed by atoms with E-state index in [2.05, 4.69) is 24.8 Å². The van der Waals surface area contributed by atoms with E-state index in [1.807, 2.05) is 0 Å². The molecule has 1 aromatic rings. The number of rotatable bonds is 2. The molecule has 2 heterocycles. The summed E-state index contributed by atoms with van der Waals surface area (Å²) in [5.74, 6) is -0.564. The summed E-state index contributed by atoms with van der Waals surface area (Å²) in [6.45, 7) is 6.29. The van der Waals surface area contributed by atoms with Crippen molar-refractivity contribution in [3.8, 4) is 6.07 Å². The molecule has 0 bridgehead atoms. The van der Waals surface area contributed by atoms with Crippen molar-refractivity contribution < 1.29 is 4.79 Å². The molecule has 1 amide bonds. The standard InChI is InChI=1S/C14H20N4OS/c1-14(2)4-3-6-18(7-5-14)13-9(8-15)10(16)11(20-13)12(17)19/h3-7,16H2,1-2H3,(H2,17,19). The molecule has 5 nitrogen and oxygen atoms in total. The third-order valence-corrected chi connectivity index (χ3v) is 5.17. The molecule has 6 heteroatoms. The number of hydrogen-bond donors (Lipinski definition) is 2. The molecular weight excluding hydrogens is 272 g/mol. The zero-order valence-corrected chi connectivity index (χ0v) is 12.7. The molecule has 0 saturated carbocycles. The largest absolute Gasteiger partial charge is 0.396 e. The predicted octanol–water partition coefficient (Wildman–Crippen LogP) is 2.32. The molecule has 1 aliphatic heterocycles. The number of nitrogens with two attached hydrogens (primary N) is 2. The fraction of sp³-hybridized carbons (Fsp3) is 0.571. The number of anilines is 2. The first-order chi connectivity index (χ1) is 9.35. The van der Waals surface area contributed by atoms with Gasteiger partial charge in [-0.3, -0.25) is 4.79 Å². The van der Waals surface area contributed by atoms with Gasteiger partial charge < -0.3 is 16.4 Å². The summed E-state index contributed by atoms with van der Waals surface area (Å²) in [6, 6.07) is 2.11. The first kappa shape index (κ1) is 14.7. The number of carbonyl (C=O) groups is 1. The van der Waals surface area contributed by atoms with E-state index >= 15 is 0 Å². The van der Waals surface area contributed by atoms with Crippen molar-refractivity contribution in [2.45, 2.75) is 33.1 Å². The fourth-order valence-electron chi connectivity index (χ4n) is 2.57. The van der Waals surface area contributed by atoms with Crippen molar-refractivity contribution in [2.75, 3.05) is 23.7 Å². The van der Waals surface area contributed by atoms with Crippen LogP contribution >= 0.6 is 11.3 Å². The number of carbonyl (C=O) groups excluding carboxylic acids is 1. The fourth-order valence-corrected chi connectivity index (χ4v) is 3.65. The van der Waals surface area contributed by atoms with Gasteiger partial charge in [0.05, 0.1) is 5.69 Å². The van der Waals surface area contributed by atoms with E-state index in [-0.39, 0.29) is 5.69 Å². The maximum absolute atomic E-state index is 11.4. The summed E-state index contributed by atoms with van der Waals surface area (Å²) in [7, 11) is 0. The smallest absolute Gasteiger partial charge is 0.261 e. The summed E-state index contributed by atoms with van der Waals surface area (Å²) in [5.41, 5.74) is 12.1. The molecule has 4 N–H and O–H groups in total. The summed E-state index contributed by atoms with van der Waals surface area (Å²) in [4.78, 5) is 13.8. The van der Waals surface area contributed by atoms with Crippen LogP contribution in [0.4, 0.5) is 10.7 Å². The maximum Gasteiger partial charge on any atom is 0.261 e. The second-order valence-corrected chi connectivity index (χ2v) is 7.00. The Morgan fingerprint density at radius 1 is 1.40 bits per heavy atom. The minimum atomic E-state index is -0.564. The second kappa shape index (κ2) is 5.33. The first-order valence-corrected chi connectivity index (χ1v) is 7.54.